The number of likely N-dealkylation sites (tertiary alicyclic amines) is 1. The van der Waals surface area contributed by atoms with Crippen molar-refractivity contribution in [3.63, 3.8) is 0 Å². The quantitative estimate of drug-likeness (QED) is 0.629. The molecule has 0 N–H and O–H groups in total. The maximum absolute atomic E-state index is 6.08. The van der Waals surface area contributed by atoms with Crippen molar-refractivity contribution in [2.24, 2.45) is 4.99 Å². The first-order valence-electron chi connectivity index (χ1n) is 8.29. The van der Waals surface area contributed by atoms with Gasteiger partial charge in [-0.1, -0.05) is 12.1 Å². The molecule has 1 aliphatic heterocycles. The van der Waals surface area contributed by atoms with Gasteiger partial charge in [0.25, 0.3) is 0 Å². The topological polar surface area (TPSA) is 31.3 Å². The van der Waals surface area contributed by atoms with Crippen LogP contribution in [-0.2, 0) is 6.54 Å². The van der Waals surface area contributed by atoms with Gasteiger partial charge in [0.2, 0.25) is 0 Å². The van der Waals surface area contributed by atoms with E-state index in [1.54, 1.807) is 0 Å². The van der Waals surface area contributed by atoms with Crippen LogP contribution in [0.15, 0.2) is 29.3 Å². The third kappa shape index (κ3) is 5.43. The van der Waals surface area contributed by atoms with Crippen molar-refractivity contribution in [3.8, 4) is 5.75 Å². The van der Waals surface area contributed by atoms with Gasteiger partial charge in [0.1, 0.15) is 11.9 Å². The van der Waals surface area contributed by atoms with E-state index < -0.39 is 0 Å². The van der Waals surface area contributed by atoms with Gasteiger partial charge in [0, 0.05) is 41.3 Å². The van der Waals surface area contributed by atoms with Crippen LogP contribution in [0.4, 0.5) is 0 Å². The van der Waals surface area contributed by atoms with Gasteiger partial charge in [0.05, 0.1) is 6.54 Å². The fourth-order valence-corrected chi connectivity index (χ4v) is 2.81. The predicted octanol–water partition coefficient (Wildman–Crippen LogP) is 2.14. The molecule has 1 fully saturated rings. The molecule has 1 aromatic carbocycles. The van der Waals surface area contributed by atoms with Crippen LogP contribution in [-0.4, -0.2) is 75.1 Å². The molecule has 0 saturated carbocycles. The summed E-state index contributed by atoms with van der Waals surface area (Å²) in [4.78, 5) is 11.1. The molecule has 0 atom stereocenters. The number of hydrogen-bond acceptors (Lipinski definition) is 3. The van der Waals surface area contributed by atoms with Crippen LogP contribution in [0.5, 0.6) is 5.75 Å². The van der Waals surface area contributed by atoms with Gasteiger partial charge in [-0.25, -0.2) is 4.99 Å². The molecule has 0 bridgehead atoms. The molecule has 1 heterocycles. The van der Waals surface area contributed by atoms with E-state index in [1.165, 1.54) is 5.56 Å². The highest BCUT2D eigenvalue weighted by Crippen LogP contribution is 2.19. The van der Waals surface area contributed by atoms with Crippen LogP contribution in [0.25, 0.3) is 0 Å². The average molecular weight is 318 g/mol. The fourth-order valence-electron chi connectivity index (χ4n) is 2.81. The van der Waals surface area contributed by atoms with E-state index in [1.807, 2.05) is 38.0 Å². The second kappa shape index (κ2) is 8.20. The van der Waals surface area contributed by atoms with Gasteiger partial charge in [-0.15, -0.1) is 0 Å². The number of benzene rings is 1. The lowest BCUT2D eigenvalue weighted by Crippen LogP contribution is -2.35. The largest absolute Gasteiger partial charge is 0.490 e. The minimum Gasteiger partial charge on any atom is -0.490 e. The second-order valence-electron chi connectivity index (χ2n) is 6.67. The summed E-state index contributed by atoms with van der Waals surface area (Å²) in [7, 11) is 10.2. The van der Waals surface area contributed by atoms with Gasteiger partial charge < -0.3 is 19.4 Å². The number of rotatable bonds is 4. The second-order valence-corrected chi connectivity index (χ2v) is 6.67. The highest BCUT2D eigenvalue weighted by Gasteiger charge is 2.17. The molecule has 1 saturated heterocycles. The van der Waals surface area contributed by atoms with E-state index in [2.05, 4.69) is 41.2 Å². The van der Waals surface area contributed by atoms with Crippen LogP contribution in [0.2, 0.25) is 0 Å². The summed E-state index contributed by atoms with van der Waals surface area (Å²) in [6.45, 7) is 2.92. The first-order chi connectivity index (χ1) is 11.0. The average Bonchev–Trinajstić information content (AvgIpc) is 2.51. The van der Waals surface area contributed by atoms with Gasteiger partial charge in [-0.3, -0.25) is 0 Å². The molecule has 0 radical (unpaired) electrons. The Bertz CT molecular complexity index is 492. The van der Waals surface area contributed by atoms with E-state index in [-0.39, 0.29) is 0 Å². The number of piperidine rings is 1. The van der Waals surface area contributed by atoms with Gasteiger partial charge >= 0.3 is 0 Å². The summed E-state index contributed by atoms with van der Waals surface area (Å²) in [5.41, 5.74) is 1.20. The molecule has 1 aliphatic rings. The van der Waals surface area contributed by atoms with Crippen molar-refractivity contribution in [1.29, 1.82) is 0 Å². The molecule has 1 aromatic rings. The maximum atomic E-state index is 6.08. The van der Waals surface area contributed by atoms with E-state index in [0.717, 1.165) is 37.6 Å². The Morgan fingerprint density at radius 1 is 1.09 bits per heavy atom. The first kappa shape index (κ1) is 17.6. The van der Waals surface area contributed by atoms with Crippen LogP contribution in [0.3, 0.4) is 0 Å². The van der Waals surface area contributed by atoms with Crippen LogP contribution < -0.4 is 4.74 Å². The van der Waals surface area contributed by atoms with E-state index >= 15 is 0 Å². The number of nitrogens with zero attached hydrogens (tertiary/aromatic N) is 4. The molecular weight excluding hydrogens is 288 g/mol. The van der Waals surface area contributed by atoms with E-state index in [4.69, 9.17) is 4.74 Å². The first-order valence-corrected chi connectivity index (χ1v) is 8.29. The Morgan fingerprint density at radius 3 is 2.17 bits per heavy atom. The van der Waals surface area contributed by atoms with Crippen LogP contribution >= 0.6 is 0 Å². The monoisotopic (exact) mass is 318 g/mol. The Balaban J connectivity index is 1.90. The molecule has 2 rings (SSSR count). The SMILES string of the molecule is CN1CCC(Oc2ccc(CN=C(N(C)C)N(C)C)cc2)CC1. The Hall–Kier alpha value is -1.75. The lowest BCUT2D eigenvalue weighted by molar-refractivity contribution is 0.114. The van der Waals surface area contributed by atoms with Crippen LogP contribution in [0, 0.1) is 0 Å². The Kier molecular flexibility index (Phi) is 6.28. The molecular formula is C18H30N4O. The van der Waals surface area contributed by atoms with Crippen molar-refractivity contribution >= 4 is 5.96 Å². The van der Waals surface area contributed by atoms with Crippen molar-refractivity contribution in [2.75, 3.05) is 48.3 Å². The summed E-state index contributed by atoms with van der Waals surface area (Å²) in [5.74, 6) is 1.93. The van der Waals surface area contributed by atoms with Gasteiger partial charge in [-0.05, 0) is 37.6 Å². The summed E-state index contributed by atoms with van der Waals surface area (Å²) in [5, 5.41) is 0. The predicted molar refractivity (Wildman–Crippen MR) is 96.1 cm³/mol. The molecule has 0 unspecified atom stereocenters. The Morgan fingerprint density at radius 2 is 1.65 bits per heavy atom. The van der Waals surface area contributed by atoms with Crippen molar-refractivity contribution in [1.82, 2.24) is 14.7 Å². The van der Waals surface area contributed by atoms with Crippen molar-refractivity contribution in [3.05, 3.63) is 29.8 Å². The van der Waals surface area contributed by atoms with Crippen LogP contribution in [0.1, 0.15) is 18.4 Å². The van der Waals surface area contributed by atoms with E-state index in [9.17, 15) is 0 Å². The normalized spacial score (nSPS) is 16.0. The zero-order chi connectivity index (χ0) is 16.8. The lowest BCUT2D eigenvalue weighted by atomic mass is 10.1. The lowest BCUT2D eigenvalue weighted by Gasteiger charge is -2.29. The third-order valence-corrected chi connectivity index (χ3v) is 4.09. The zero-order valence-corrected chi connectivity index (χ0v) is 15.1. The summed E-state index contributed by atoms with van der Waals surface area (Å²) in [6, 6.07) is 8.34. The highest BCUT2D eigenvalue weighted by molar-refractivity contribution is 5.79. The van der Waals surface area contributed by atoms with Crippen molar-refractivity contribution in [2.45, 2.75) is 25.5 Å². The zero-order valence-electron chi connectivity index (χ0n) is 15.1. The molecule has 5 nitrogen and oxygen atoms in total. The summed E-state index contributed by atoms with van der Waals surface area (Å²) in [6.07, 6.45) is 2.57. The maximum Gasteiger partial charge on any atom is 0.195 e. The molecule has 128 valence electrons. The van der Waals surface area contributed by atoms with E-state index in [0.29, 0.717) is 12.6 Å². The standard InChI is InChI=1S/C18H30N4O/c1-20(2)18(21(3)4)19-14-15-6-8-16(9-7-15)23-17-10-12-22(5)13-11-17/h6-9,17H,10-14H2,1-5H3. The van der Waals surface area contributed by atoms with Gasteiger partial charge in [-0.2, -0.15) is 0 Å². The molecule has 0 amide bonds. The molecule has 0 aliphatic carbocycles. The molecule has 0 spiro atoms. The highest BCUT2D eigenvalue weighted by atomic mass is 16.5. The Labute approximate surface area is 140 Å². The smallest absolute Gasteiger partial charge is 0.195 e. The molecule has 23 heavy (non-hydrogen) atoms. The van der Waals surface area contributed by atoms with Gasteiger partial charge in [0.15, 0.2) is 5.96 Å². The molecule has 5 heteroatoms. The summed E-state index contributed by atoms with van der Waals surface area (Å²) >= 11 is 0. The fraction of sp³-hybridized carbons (Fsp3) is 0.611. The third-order valence-electron chi connectivity index (χ3n) is 4.09. The number of guanidine groups is 1. The number of ether oxygens (including phenoxy) is 1. The summed E-state index contributed by atoms with van der Waals surface area (Å²) < 4.78 is 6.08. The minimum atomic E-state index is 0.351. The minimum absolute atomic E-state index is 0.351. The molecule has 0 aromatic heterocycles. The number of aliphatic imine (C=N–C) groups is 1. The number of hydrogen-bond donors (Lipinski definition) is 0. The van der Waals surface area contributed by atoms with Crippen molar-refractivity contribution < 1.29 is 4.74 Å².